The summed E-state index contributed by atoms with van der Waals surface area (Å²) in [5.74, 6) is 0.0721. The molecule has 4 heterocycles. The molecule has 34 heavy (non-hydrogen) atoms. The number of halogens is 4. The molecule has 2 aliphatic heterocycles. The summed E-state index contributed by atoms with van der Waals surface area (Å²) in [7, 11) is 0. The average molecular weight is 564 g/mol. The number of primary amides is 1. The van der Waals surface area contributed by atoms with Gasteiger partial charge in [-0.15, -0.1) is 0 Å². The van der Waals surface area contributed by atoms with E-state index in [1.807, 2.05) is 0 Å². The number of anilines is 2. The number of thiocarbonyl (C=S) groups is 1. The normalized spacial score (nSPS) is 17.2. The molecule has 0 bridgehead atoms. The van der Waals surface area contributed by atoms with Crippen molar-refractivity contribution in [3.8, 4) is 0 Å². The number of rotatable bonds is 4. The molecule has 0 spiro atoms. The average Bonchev–Trinajstić information content (AvgIpc) is 2.80. The quantitative estimate of drug-likeness (QED) is 0.506. The summed E-state index contributed by atoms with van der Waals surface area (Å²) in [5.41, 5.74) is 12.6. The molecule has 4 N–H and O–H groups in total. The number of pyridine rings is 2. The largest absolute Gasteiger partial charge is 0.393 e. The van der Waals surface area contributed by atoms with E-state index in [-0.39, 0.29) is 11.8 Å². The summed E-state index contributed by atoms with van der Waals surface area (Å²) in [6, 6.07) is 0. The number of carbonyl (C=O) groups excluding carboxylic acids is 1. The number of aromatic nitrogens is 2. The first-order chi connectivity index (χ1) is 16.2. The highest BCUT2D eigenvalue weighted by Gasteiger charge is 2.26. The Kier molecular flexibility index (Phi) is 9.85. The second kappa shape index (κ2) is 12.4. The predicted octanol–water partition coefficient (Wildman–Crippen LogP) is 4.98. The summed E-state index contributed by atoms with van der Waals surface area (Å²) < 4.78 is 0. The van der Waals surface area contributed by atoms with E-state index in [4.69, 9.17) is 70.1 Å². The van der Waals surface area contributed by atoms with Gasteiger partial charge in [0.1, 0.15) is 0 Å². The van der Waals surface area contributed by atoms with Gasteiger partial charge < -0.3 is 21.3 Å². The van der Waals surface area contributed by atoms with Gasteiger partial charge >= 0.3 is 0 Å². The third-order valence-corrected chi connectivity index (χ3v) is 7.52. The van der Waals surface area contributed by atoms with Crippen LogP contribution in [0.5, 0.6) is 0 Å². The smallest absolute Gasteiger partial charge is 0.220 e. The zero-order chi connectivity index (χ0) is 24.8. The summed E-state index contributed by atoms with van der Waals surface area (Å²) in [4.78, 5) is 23.8. The Morgan fingerprint density at radius 1 is 0.735 bits per heavy atom. The minimum atomic E-state index is -0.225. The highest BCUT2D eigenvalue weighted by atomic mass is 35.5. The van der Waals surface area contributed by atoms with Gasteiger partial charge in [0, 0.05) is 62.8 Å². The maximum atomic E-state index is 11.1. The number of nitrogens with zero attached hydrogens (tertiary/aromatic N) is 4. The van der Waals surface area contributed by atoms with Gasteiger partial charge in [0.2, 0.25) is 5.91 Å². The Balaban J connectivity index is 0.000000191. The summed E-state index contributed by atoms with van der Waals surface area (Å²) in [5, 5.41) is 2.25. The molecule has 0 saturated carbocycles. The predicted molar refractivity (Wildman–Crippen MR) is 144 cm³/mol. The lowest BCUT2D eigenvalue weighted by atomic mass is 9.96. The van der Waals surface area contributed by atoms with Crippen molar-refractivity contribution in [1.82, 2.24) is 9.97 Å². The Labute approximate surface area is 224 Å². The van der Waals surface area contributed by atoms with Crippen LogP contribution in [-0.4, -0.2) is 47.0 Å². The topological polar surface area (TPSA) is 101 Å². The molecular weight excluding hydrogens is 538 g/mol. The van der Waals surface area contributed by atoms with Crippen LogP contribution < -0.4 is 21.3 Å². The van der Waals surface area contributed by atoms with Crippen LogP contribution in [0.2, 0.25) is 20.1 Å². The molecule has 2 aromatic heterocycles. The molecule has 0 atom stereocenters. The lowest BCUT2D eigenvalue weighted by molar-refractivity contribution is -0.122. The monoisotopic (exact) mass is 562 g/mol. The van der Waals surface area contributed by atoms with Crippen molar-refractivity contribution in [3.05, 3.63) is 44.9 Å². The molecule has 0 aliphatic carbocycles. The van der Waals surface area contributed by atoms with Crippen molar-refractivity contribution in [2.75, 3.05) is 36.0 Å². The van der Waals surface area contributed by atoms with Crippen LogP contribution >= 0.6 is 58.6 Å². The van der Waals surface area contributed by atoms with Gasteiger partial charge in [-0.2, -0.15) is 0 Å². The van der Waals surface area contributed by atoms with Crippen molar-refractivity contribution >= 4 is 80.9 Å². The lowest BCUT2D eigenvalue weighted by Crippen LogP contribution is -2.38. The summed E-state index contributed by atoms with van der Waals surface area (Å²) >= 11 is 29.4. The van der Waals surface area contributed by atoms with E-state index in [2.05, 4.69) is 19.8 Å². The number of piperidine rings is 2. The molecule has 2 fully saturated rings. The molecule has 0 radical (unpaired) electrons. The molecule has 12 heteroatoms. The third-order valence-electron chi connectivity index (χ3n) is 6.08. The zero-order valence-corrected chi connectivity index (χ0v) is 22.2. The first-order valence-electron chi connectivity index (χ1n) is 10.9. The number of amides is 1. The molecule has 184 valence electrons. The van der Waals surface area contributed by atoms with Crippen LogP contribution in [0.25, 0.3) is 0 Å². The van der Waals surface area contributed by atoms with Gasteiger partial charge in [-0.3, -0.25) is 14.8 Å². The van der Waals surface area contributed by atoms with Crippen molar-refractivity contribution in [2.45, 2.75) is 25.7 Å². The van der Waals surface area contributed by atoms with E-state index in [9.17, 15) is 4.79 Å². The number of nitrogens with two attached hydrogens (primary N) is 2. The Bertz CT molecular complexity index is 904. The fourth-order valence-corrected chi connectivity index (χ4v) is 5.63. The van der Waals surface area contributed by atoms with Gasteiger partial charge in [0.15, 0.2) is 0 Å². The van der Waals surface area contributed by atoms with Gasteiger partial charge in [-0.05, 0) is 25.7 Å². The lowest BCUT2D eigenvalue weighted by Gasteiger charge is -2.34. The van der Waals surface area contributed by atoms with E-state index < -0.39 is 0 Å². The Hall–Kier alpha value is -1.58. The van der Waals surface area contributed by atoms with Crippen molar-refractivity contribution in [1.29, 1.82) is 0 Å². The van der Waals surface area contributed by atoms with Crippen molar-refractivity contribution in [3.63, 3.8) is 0 Å². The van der Waals surface area contributed by atoms with E-state index in [0.717, 1.165) is 63.2 Å². The van der Waals surface area contributed by atoms with E-state index >= 15 is 0 Å². The molecule has 7 nitrogen and oxygen atoms in total. The molecule has 2 aliphatic rings. The van der Waals surface area contributed by atoms with E-state index in [1.54, 1.807) is 24.8 Å². The van der Waals surface area contributed by atoms with E-state index in [0.29, 0.717) is 31.0 Å². The van der Waals surface area contributed by atoms with Gasteiger partial charge in [-0.1, -0.05) is 58.6 Å². The van der Waals surface area contributed by atoms with Crippen molar-refractivity contribution < 1.29 is 4.79 Å². The van der Waals surface area contributed by atoms with Crippen LogP contribution in [0, 0.1) is 11.8 Å². The minimum Gasteiger partial charge on any atom is -0.393 e. The number of carbonyl (C=O) groups is 1. The van der Waals surface area contributed by atoms with Gasteiger partial charge in [-0.25, -0.2) is 0 Å². The first-order valence-corrected chi connectivity index (χ1v) is 12.8. The highest BCUT2D eigenvalue weighted by molar-refractivity contribution is 7.80. The molecule has 1 amide bonds. The standard InChI is InChI=1S/C11H13Cl2N3O.C11H13Cl2N3S/c2*12-8-5-15-6-9(13)10(8)16-3-1-7(2-4-16)11(14)17/h2*5-7H,1-4H2,(H2,14,17). The zero-order valence-electron chi connectivity index (χ0n) is 18.4. The van der Waals surface area contributed by atoms with Crippen LogP contribution in [-0.2, 0) is 4.79 Å². The van der Waals surface area contributed by atoms with Gasteiger partial charge in [0.25, 0.3) is 0 Å². The molecule has 2 aromatic rings. The maximum absolute atomic E-state index is 11.1. The highest BCUT2D eigenvalue weighted by Crippen LogP contribution is 2.36. The van der Waals surface area contributed by atoms with Crippen LogP contribution in [0.3, 0.4) is 0 Å². The number of hydrogen-bond acceptors (Lipinski definition) is 6. The molecule has 4 rings (SSSR count). The first kappa shape index (κ1) is 27.0. The van der Waals surface area contributed by atoms with Gasteiger partial charge in [0.05, 0.1) is 36.5 Å². The molecular formula is C22H26Cl4N6OS. The Morgan fingerprint density at radius 2 is 1.06 bits per heavy atom. The fraction of sp³-hybridized carbons (Fsp3) is 0.455. The van der Waals surface area contributed by atoms with E-state index in [1.165, 1.54) is 0 Å². The fourth-order valence-electron chi connectivity index (χ4n) is 4.19. The SMILES string of the molecule is NC(=O)C1CCN(c2c(Cl)cncc2Cl)CC1.NC(=S)C1CCN(c2c(Cl)cncc2Cl)CC1. The maximum Gasteiger partial charge on any atom is 0.220 e. The van der Waals surface area contributed by atoms with Crippen molar-refractivity contribution in [2.24, 2.45) is 23.3 Å². The van der Waals surface area contributed by atoms with Crippen LogP contribution in [0.4, 0.5) is 11.4 Å². The second-order valence-electron chi connectivity index (χ2n) is 8.23. The van der Waals surface area contributed by atoms with Crippen LogP contribution in [0.15, 0.2) is 24.8 Å². The summed E-state index contributed by atoms with van der Waals surface area (Å²) in [6.07, 6.45) is 9.75. The molecule has 0 aromatic carbocycles. The summed E-state index contributed by atoms with van der Waals surface area (Å²) in [6.45, 7) is 3.20. The second-order valence-corrected chi connectivity index (χ2v) is 10.3. The molecule has 0 unspecified atom stereocenters. The molecule has 2 saturated heterocycles. The third kappa shape index (κ3) is 6.76. The number of hydrogen-bond donors (Lipinski definition) is 2. The Morgan fingerprint density at radius 3 is 1.35 bits per heavy atom. The minimum absolute atomic E-state index is 0.0364. The van der Waals surface area contributed by atoms with Crippen LogP contribution in [0.1, 0.15) is 25.7 Å².